The van der Waals surface area contributed by atoms with Gasteiger partial charge in [0.2, 0.25) is 0 Å². The van der Waals surface area contributed by atoms with Crippen LogP contribution in [0.3, 0.4) is 0 Å². The average molecular weight is 211 g/mol. The lowest BCUT2D eigenvalue weighted by Crippen LogP contribution is -2.29. The maximum absolute atomic E-state index is 3.51. The second-order valence-corrected chi connectivity index (χ2v) is 5.53. The summed E-state index contributed by atoms with van der Waals surface area (Å²) in [6, 6.07) is 0. The molecule has 0 fully saturated rings. The molecule has 0 aromatic carbocycles. The SMILES string of the molecule is CCCCCC(C)(C)CNCC=C(C)C. The molecule has 15 heavy (non-hydrogen) atoms. The van der Waals surface area contributed by atoms with Crippen LogP contribution in [0.1, 0.15) is 60.3 Å². The van der Waals surface area contributed by atoms with Gasteiger partial charge in [0.25, 0.3) is 0 Å². The first-order valence-electron chi connectivity index (χ1n) is 6.32. The third kappa shape index (κ3) is 9.99. The Morgan fingerprint density at radius 1 is 1.20 bits per heavy atom. The van der Waals surface area contributed by atoms with E-state index in [-0.39, 0.29) is 0 Å². The molecule has 0 aromatic rings. The van der Waals surface area contributed by atoms with E-state index >= 15 is 0 Å². The van der Waals surface area contributed by atoms with Crippen molar-refractivity contribution in [3.63, 3.8) is 0 Å². The molecule has 0 spiro atoms. The molecule has 0 heterocycles. The van der Waals surface area contributed by atoms with Gasteiger partial charge in [-0.1, -0.05) is 51.7 Å². The summed E-state index contributed by atoms with van der Waals surface area (Å²) in [7, 11) is 0. The van der Waals surface area contributed by atoms with Crippen molar-refractivity contribution in [1.82, 2.24) is 5.32 Å². The summed E-state index contributed by atoms with van der Waals surface area (Å²) >= 11 is 0. The highest BCUT2D eigenvalue weighted by Gasteiger charge is 2.15. The van der Waals surface area contributed by atoms with E-state index in [0.29, 0.717) is 5.41 Å². The molecule has 0 rings (SSSR count). The third-order valence-electron chi connectivity index (χ3n) is 2.72. The minimum absolute atomic E-state index is 0.449. The Morgan fingerprint density at radius 2 is 1.87 bits per heavy atom. The fourth-order valence-corrected chi connectivity index (χ4v) is 1.63. The first kappa shape index (κ1) is 14.7. The van der Waals surface area contributed by atoms with Gasteiger partial charge >= 0.3 is 0 Å². The van der Waals surface area contributed by atoms with Crippen molar-refractivity contribution < 1.29 is 0 Å². The summed E-state index contributed by atoms with van der Waals surface area (Å²) in [5, 5.41) is 3.51. The average Bonchev–Trinajstić information content (AvgIpc) is 2.13. The molecule has 1 nitrogen and oxygen atoms in total. The highest BCUT2D eigenvalue weighted by molar-refractivity contribution is 4.94. The Kier molecular flexibility index (Phi) is 7.76. The molecule has 1 N–H and O–H groups in total. The summed E-state index contributed by atoms with van der Waals surface area (Å²) in [6.45, 7) is 13.4. The summed E-state index contributed by atoms with van der Waals surface area (Å²) in [4.78, 5) is 0. The monoisotopic (exact) mass is 211 g/mol. The fourth-order valence-electron chi connectivity index (χ4n) is 1.63. The largest absolute Gasteiger partial charge is 0.313 e. The van der Waals surface area contributed by atoms with Crippen LogP contribution in [-0.4, -0.2) is 13.1 Å². The number of hydrogen-bond acceptors (Lipinski definition) is 1. The van der Waals surface area contributed by atoms with Crippen molar-refractivity contribution in [3.8, 4) is 0 Å². The minimum Gasteiger partial charge on any atom is -0.313 e. The lowest BCUT2D eigenvalue weighted by atomic mass is 9.87. The molecule has 0 unspecified atom stereocenters. The second kappa shape index (κ2) is 7.92. The van der Waals surface area contributed by atoms with Crippen LogP contribution in [0.2, 0.25) is 0 Å². The molecule has 0 saturated heterocycles. The number of unbranched alkanes of at least 4 members (excludes halogenated alkanes) is 2. The van der Waals surface area contributed by atoms with E-state index in [2.05, 4.69) is 46.0 Å². The van der Waals surface area contributed by atoms with Gasteiger partial charge in [-0.2, -0.15) is 0 Å². The first-order valence-corrected chi connectivity index (χ1v) is 6.32. The Labute approximate surface area is 96.3 Å². The summed E-state index contributed by atoms with van der Waals surface area (Å²) in [6.07, 6.45) is 7.65. The normalized spacial score (nSPS) is 11.5. The molecule has 0 amide bonds. The second-order valence-electron chi connectivity index (χ2n) is 5.53. The van der Waals surface area contributed by atoms with Crippen molar-refractivity contribution in [2.24, 2.45) is 5.41 Å². The van der Waals surface area contributed by atoms with Gasteiger partial charge in [-0.3, -0.25) is 0 Å². The molecule has 0 saturated carbocycles. The van der Waals surface area contributed by atoms with Crippen LogP contribution >= 0.6 is 0 Å². The molecule has 1 heteroatoms. The predicted molar refractivity (Wildman–Crippen MR) is 70.2 cm³/mol. The smallest absolute Gasteiger partial charge is 0.0137 e. The molecular weight excluding hydrogens is 182 g/mol. The van der Waals surface area contributed by atoms with Crippen LogP contribution in [-0.2, 0) is 0 Å². The number of allylic oxidation sites excluding steroid dienone is 1. The Bertz CT molecular complexity index is 176. The zero-order valence-electron chi connectivity index (χ0n) is 11.3. The summed E-state index contributed by atoms with van der Waals surface area (Å²) in [5.74, 6) is 0. The number of hydrogen-bond donors (Lipinski definition) is 1. The van der Waals surface area contributed by atoms with Crippen molar-refractivity contribution >= 4 is 0 Å². The molecule has 0 atom stereocenters. The lowest BCUT2D eigenvalue weighted by molar-refractivity contribution is 0.307. The molecule has 90 valence electrons. The number of nitrogens with one attached hydrogen (secondary N) is 1. The predicted octanol–water partition coefficient (Wildman–Crippen LogP) is 4.15. The Balaban J connectivity index is 3.59. The van der Waals surface area contributed by atoms with Crippen molar-refractivity contribution in [2.75, 3.05) is 13.1 Å². The van der Waals surface area contributed by atoms with E-state index in [9.17, 15) is 0 Å². The van der Waals surface area contributed by atoms with Gasteiger partial charge in [0.1, 0.15) is 0 Å². The van der Waals surface area contributed by atoms with E-state index in [1.165, 1.54) is 31.3 Å². The first-order chi connectivity index (χ1) is 6.98. The van der Waals surface area contributed by atoms with Crippen molar-refractivity contribution in [3.05, 3.63) is 11.6 Å². The molecule has 0 radical (unpaired) electrons. The quantitative estimate of drug-likeness (QED) is 0.470. The van der Waals surface area contributed by atoms with Crippen LogP contribution < -0.4 is 5.32 Å². The highest BCUT2D eigenvalue weighted by Crippen LogP contribution is 2.22. The summed E-state index contributed by atoms with van der Waals surface area (Å²) in [5.41, 5.74) is 1.84. The minimum atomic E-state index is 0.449. The van der Waals surface area contributed by atoms with Crippen molar-refractivity contribution in [2.45, 2.75) is 60.3 Å². The van der Waals surface area contributed by atoms with E-state index in [1.54, 1.807) is 0 Å². The van der Waals surface area contributed by atoms with Crippen LogP contribution in [0.15, 0.2) is 11.6 Å². The van der Waals surface area contributed by atoms with Crippen LogP contribution in [0.5, 0.6) is 0 Å². The zero-order chi connectivity index (χ0) is 11.7. The standard InChI is InChI=1S/C14H29N/c1-6-7-8-10-14(4,5)12-15-11-9-13(2)3/h9,15H,6-8,10-12H2,1-5H3. The van der Waals surface area contributed by atoms with E-state index in [1.807, 2.05) is 0 Å². The zero-order valence-corrected chi connectivity index (χ0v) is 11.3. The third-order valence-corrected chi connectivity index (χ3v) is 2.72. The van der Waals surface area contributed by atoms with Gasteiger partial charge in [-0.25, -0.2) is 0 Å². The molecule has 0 aromatic heterocycles. The highest BCUT2D eigenvalue weighted by atomic mass is 14.9. The van der Waals surface area contributed by atoms with Gasteiger partial charge in [0, 0.05) is 13.1 Å². The molecule has 0 aliphatic carbocycles. The lowest BCUT2D eigenvalue weighted by Gasteiger charge is -2.24. The topological polar surface area (TPSA) is 12.0 Å². The Morgan fingerprint density at radius 3 is 2.40 bits per heavy atom. The molecule has 0 bridgehead atoms. The van der Waals surface area contributed by atoms with E-state index in [0.717, 1.165) is 13.1 Å². The van der Waals surface area contributed by atoms with Gasteiger partial charge < -0.3 is 5.32 Å². The van der Waals surface area contributed by atoms with E-state index in [4.69, 9.17) is 0 Å². The maximum atomic E-state index is 3.51. The van der Waals surface area contributed by atoms with Crippen molar-refractivity contribution in [1.29, 1.82) is 0 Å². The van der Waals surface area contributed by atoms with Crippen LogP contribution in [0.4, 0.5) is 0 Å². The molecular formula is C14H29N. The summed E-state index contributed by atoms with van der Waals surface area (Å²) < 4.78 is 0. The van der Waals surface area contributed by atoms with Gasteiger partial charge in [0.15, 0.2) is 0 Å². The maximum Gasteiger partial charge on any atom is 0.0137 e. The fraction of sp³-hybridized carbons (Fsp3) is 0.857. The number of rotatable bonds is 8. The Hall–Kier alpha value is -0.300. The molecule has 0 aliphatic rings. The van der Waals surface area contributed by atoms with Crippen LogP contribution in [0, 0.1) is 5.41 Å². The van der Waals surface area contributed by atoms with Gasteiger partial charge in [-0.05, 0) is 25.7 Å². The molecule has 0 aliphatic heterocycles. The van der Waals surface area contributed by atoms with E-state index < -0.39 is 0 Å². The van der Waals surface area contributed by atoms with Crippen LogP contribution in [0.25, 0.3) is 0 Å². The van der Waals surface area contributed by atoms with Gasteiger partial charge in [-0.15, -0.1) is 0 Å². The van der Waals surface area contributed by atoms with Gasteiger partial charge in [0.05, 0.1) is 0 Å².